The fourth-order valence-electron chi connectivity index (χ4n) is 2.94. The molecule has 5 heteroatoms. The van der Waals surface area contributed by atoms with E-state index in [4.69, 9.17) is 5.73 Å². The Morgan fingerprint density at radius 1 is 1.06 bits per heavy atom. The topological polar surface area (TPSA) is 52.8 Å². The lowest BCUT2D eigenvalue weighted by Crippen LogP contribution is -2.48. The average Bonchev–Trinajstić information content (AvgIpc) is 2.34. The van der Waals surface area contributed by atoms with Gasteiger partial charge in [0.05, 0.1) is 6.54 Å². The van der Waals surface area contributed by atoms with Gasteiger partial charge in [-0.05, 0) is 38.9 Å². The van der Waals surface area contributed by atoms with Crippen LogP contribution in [-0.4, -0.2) is 80.0 Å². The Morgan fingerprint density at radius 3 is 2.22 bits per heavy atom. The third-order valence-electron chi connectivity index (χ3n) is 4.20. The number of piperazine rings is 1. The van der Waals surface area contributed by atoms with E-state index in [1.54, 1.807) is 0 Å². The Labute approximate surface area is 110 Å². The number of hydrogen-bond donors (Lipinski definition) is 1. The van der Waals surface area contributed by atoms with Crippen molar-refractivity contribution in [3.05, 3.63) is 0 Å². The van der Waals surface area contributed by atoms with Crippen LogP contribution in [0.25, 0.3) is 0 Å². The van der Waals surface area contributed by atoms with Crippen LogP contribution in [0.2, 0.25) is 0 Å². The van der Waals surface area contributed by atoms with Gasteiger partial charge in [-0.15, -0.1) is 0 Å². The van der Waals surface area contributed by atoms with Crippen molar-refractivity contribution in [3.8, 4) is 0 Å². The number of nitrogens with zero attached hydrogens (tertiary/aromatic N) is 3. The monoisotopic (exact) mass is 254 g/mol. The maximum Gasteiger partial charge on any atom is 0.231 e. The number of carbonyl (C=O) groups excluding carboxylic acids is 1. The van der Waals surface area contributed by atoms with Crippen molar-refractivity contribution in [2.45, 2.75) is 12.8 Å². The number of amides is 1. The Bertz CT molecular complexity index is 268. The predicted molar refractivity (Wildman–Crippen MR) is 72.3 cm³/mol. The van der Waals surface area contributed by atoms with Crippen LogP contribution in [0.1, 0.15) is 12.8 Å². The van der Waals surface area contributed by atoms with Crippen LogP contribution >= 0.6 is 0 Å². The molecule has 0 saturated carbocycles. The van der Waals surface area contributed by atoms with E-state index in [0.717, 1.165) is 19.0 Å². The minimum Gasteiger partial charge on any atom is -0.369 e. The smallest absolute Gasteiger partial charge is 0.231 e. The van der Waals surface area contributed by atoms with E-state index in [1.165, 1.54) is 45.6 Å². The molecular weight excluding hydrogens is 228 g/mol. The van der Waals surface area contributed by atoms with Gasteiger partial charge in [0.15, 0.2) is 0 Å². The Hall–Kier alpha value is -0.650. The number of likely N-dealkylation sites (N-methyl/N-ethyl adjacent to an activating group) is 1. The third-order valence-corrected chi connectivity index (χ3v) is 4.20. The summed E-state index contributed by atoms with van der Waals surface area (Å²) in [5.74, 6) is 0.602. The molecule has 2 N–H and O–H groups in total. The lowest BCUT2D eigenvalue weighted by Gasteiger charge is -2.37. The van der Waals surface area contributed by atoms with Crippen molar-refractivity contribution >= 4 is 5.91 Å². The number of hydrogen-bond acceptors (Lipinski definition) is 4. The van der Waals surface area contributed by atoms with Gasteiger partial charge in [-0.25, -0.2) is 0 Å². The van der Waals surface area contributed by atoms with Crippen LogP contribution < -0.4 is 5.73 Å². The van der Waals surface area contributed by atoms with Crippen molar-refractivity contribution in [2.24, 2.45) is 11.7 Å². The number of carbonyl (C=O) groups is 1. The average molecular weight is 254 g/mol. The molecule has 0 aliphatic carbocycles. The highest BCUT2D eigenvalue weighted by Gasteiger charge is 2.23. The highest BCUT2D eigenvalue weighted by Crippen LogP contribution is 2.18. The zero-order valence-electron chi connectivity index (χ0n) is 11.5. The number of piperidine rings is 1. The van der Waals surface area contributed by atoms with E-state index >= 15 is 0 Å². The van der Waals surface area contributed by atoms with E-state index in [1.807, 2.05) is 0 Å². The van der Waals surface area contributed by atoms with E-state index in [0.29, 0.717) is 6.54 Å². The molecule has 2 aliphatic rings. The number of rotatable bonds is 4. The molecular formula is C13H26N4O. The molecule has 0 aromatic carbocycles. The van der Waals surface area contributed by atoms with Crippen molar-refractivity contribution in [1.82, 2.24) is 14.7 Å². The molecule has 104 valence electrons. The first kappa shape index (κ1) is 13.8. The first-order valence-electron chi connectivity index (χ1n) is 7.05. The van der Waals surface area contributed by atoms with Crippen LogP contribution in [0.5, 0.6) is 0 Å². The van der Waals surface area contributed by atoms with Crippen molar-refractivity contribution in [1.29, 1.82) is 0 Å². The standard InChI is InChI=1S/C13H26N4O/c1-15-6-8-17(9-7-15)10-12-2-4-16(5-3-12)11-13(14)18/h12H,2-11H2,1H3,(H2,14,18). The highest BCUT2D eigenvalue weighted by atomic mass is 16.1. The minimum atomic E-state index is -0.201. The molecule has 0 radical (unpaired) electrons. The Kier molecular flexibility index (Phi) is 4.97. The van der Waals surface area contributed by atoms with Crippen LogP contribution in [0, 0.1) is 5.92 Å². The first-order chi connectivity index (χ1) is 8.63. The summed E-state index contributed by atoms with van der Waals surface area (Å²) in [6, 6.07) is 0. The summed E-state index contributed by atoms with van der Waals surface area (Å²) in [4.78, 5) is 18.0. The molecule has 0 aromatic heterocycles. The fraction of sp³-hybridized carbons (Fsp3) is 0.923. The van der Waals surface area contributed by atoms with Crippen molar-refractivity contribution in [2.75, 3.05) is 59.4 Å². The fourth-order valence-corrected chi connectivity index (χ4v) is 2.94. The van der Waals surface area contributed by atoms with Gasteiger partial charge in [0.25, 0.3) is 0 Å². The van der Waals surface area contributed by atoms with E-state index in [-0.39, 0.29) is 5.91 Å². The van der Waals surface area contributed by atoms with E-state index in [9.17, 15) is 4.79 Å². The molecule has 0 unspecified atom stereocenters. The second kappa shape index (κ2) is 6.50. The molecule has 0 bridgehead atoms. The molecule has 0 atom stereocenters. The van der Waals surface area contributed by atoms with Gasteiger partial charge in [0, 0.05) is 32.7 Å². The number of primary amides is 1. The van der Waals surface area contributed by atoms with Crippen molar-refractivity contribution < 1.29 is 4.79 Å². The third kappa shape index (κ3) is 4.23. The molecule has 0 aromatic rings. The molecule has 1 amide bonds. The second-order valence-electron chi connectivity index (χ2n) is 5.79. The van der Waals surface area contributed by atoms with Crippen molar-refractivity contribution in [3.63, 3.8) is 0 Å². The van der Waals surface area contributed by atoms with Gasteiger partial charge in [-0.2, -0.15) is 0 Å². The molecule has 2 saturated heterocycles. The second-order valence-corrected chi connectivity index (χ2v) is 5.79. The molecule has 18 heavy (non-hydrogen) atoms. The largest absolute Gasteiger partial charge is 0.369 e. The summed E-state index contributed by atoms with van der Waals surface area (Å²) in [5.41, 5.74) is 5.23. The zero-order valence-corrected chi connectivity index (χ0v) is 11.5. The van der Waals surface area contributed by atoms with Gasteiger partial charge in [0.2, 0.25) is 5.91 Å². The summed E-state index contributed by atoms with van der Waals surface area (Å²) in [6.45, 7) is 8.53. The first-order valence-corrected chi connectivity index (χ1v) is 7.05. The van der Waals surface area contributed by atoms with Gasteiger partial charge in [-0.3, -0.25) is 9.69 Å². The number of nitrogens with two attached hydrogens (primary N) is 1. The summed E-state index contributed by atoms with van der Waals surface area (Å²) in [5, 5.41) is 0. The van der Waals surface area contributed by atoms with Crippen LogP contribution in [-0.2, 0) is 4.79 Å². The molecule has 0 spiro atoms. The molecule has 5 nitrogen and oxygen atoms in total. The summed E-state index contributed by atoms with van der Waals surface area (Å²) >= 11 is 0. The maximum absolute atomic E-state index is 10.9. The predicted octanol–water partition coefficient (Wildman–Crippen LogP) is -0.569. The van der Waals surface area contributed by atoms with Gasteiger partial charge in [0.1, 0.15) is 0 Å². The van der Waals surface area contributed by atoms with Crippen LogP contribution in [0.4, 0.5) is 0 Å². The molecule has 2 heterocycles. The van der Waals surface area contributed by atoms with E-state index < -0.39 is 0 Å². The van der Waals surface area contributed by atoms with Gasteiger partial charge < -0.3 is 15.5 Å². The Morgan fingerprint density at radius 2 is 1.67 bits per heavy atom. The summed E-state index contributed by atoms with van der Waals surface area (Å²) in [6.07, 6.45) is 2.42. The normalized spacial score (nSPS) is 25.4. The van der Waals surface area contributed by atoms with E-state index in [2.05, 4.69) is 21.7 Å². The Balaban J connectivity index is 1.65. The number of likely N-dealkylation sites (tertiary alicyclic amines) is 1. The minimum absolute atomic E-state index is 0.201. The summed E-state index contributed by atoms with van der Waals surface area (Å²) < 4.78 is 0. The van der Waals surface area contributed by atoms with Crippen LogP contribution in [0.3, 0.4) is 0 Å². The summed E-state index contributed by atoms with van der Waals surface area (Å²) in [7, 11) is 2.19. The molecule has 2 aliphatic heterocycles. The van der Waals surface area contributed by atoms with Gasteiger partial charge in [-0.1, -0.05) is 0 Å². The zero-order chi connectivity index (χ0) is 13.0. The maximum atomic E-state index is 10.9. The van der Waals surface area contributed by atoms with Gasteiger partial charge >= 0.3 is 0 Å². The van der Waals surface area contributed by atoms with Crippen LogP contribution in [0.15, 0.2) is 0 Å². The lowest BCUT2D eigenvalue weighted by atomic mass is 9.96. The highest BCUT2D eigenvalue weighted by molar-refractivity contribution is 5.75. The quantitative estimate of drug-likeness (QED) is 0.730. The molecule has 2 fully saturated rings. The SMILES string of the molecule is CN1CCN(CC2CCN(CC(N)=O)CC2)CC1. The molecule has 2 rings (SSSR count). The lowest BCUT2D eigenvalue weighted by molar-refractivity contribution is -0.119.